The lowest BCUT2D eigenvalue weighted by atomic mass is 10.1. The first-order chi connectivity index (χ1) is 13.2. The number of nitrogens with one attached hydrogen (secondary N) is 1. The maximum Gasteiger partial charge on any atom is 0.416 e. The van der Waals surface area contributed by atoms with E-state index >= 15 is 0 Å². The monoisotopic (exact) mass is 397 g/mol. The molecule has 2 aromatic rings. The first-order valence-corrected chi connectivity index (χ1v) is 8.06. The number of alkyl halides is 3. The SMILES string of the molecule is COc1ccc(OC)c(NC(=O)COC(=O)Cc2cccc(C(F)(F)F)c2)c1. The van der Waals surface area contributed by atoms with Crippen molar-refractivity contribution in [1.82, 2.24) is 0 Å². The van der Waals surface area contributed by atoms with E-state index in [2.05, 4.69) is 5.32 Å². The molecule has 2 rings (SSSR count). The zero-order valence-electron chi connectivity index (χ0n) is 15.1. The normalized spacial score (nSPS) is 10.9. The Kier molecular flexibility index (Phi) is 6.86. The van der Waals surface area contributed by atoms with E-state index in [-0.39, 0.29) is 12.0 Å². The Hall–Kier alpha value is -3.23. The molecule has 0 fully saturated rings. The van der Waals surface area contributed by atoms with Crippen LogP contribution < -0.4 is 14.8 Å². The molecule has 0 saturated carbocycles. The van der Waals surface area contributed by atoms with E-state index in [1.807, 2.05) is 0 Å². The number of hydrogen-bond acceptors (Lipinski definition) is 5. The molecule has 0 heterocycles. The van der Waals surface area contributed by atoms with Crippen molar-refractivity contribution in [2.75, 3.05) is 26.1 Å². The number of rotatable bonds is 7. The van der Waals surface area contributed by atoms with Gasteiger partial charge in [-0.3, -0.25) is 9.59 Å². The van der Waals surface area contributed by atoms with Gasteiger partial charge in [0.1, 0.15) is 11.5 Å². The van der Waals surface area contributed by atoms with E-state index in [0.717, 1.165) is 12.1 Å². The standard InChI is InChI=1S/C19H18F3NO5/c1-26-14-6-7-16(27-2)15(10-14)23-17(24)11-28-18(25)9-12-4-3-5-13(8-12)19(20,21)22/h3-8,10H,9,11H2,1-2H3,(H,23,24). The van der Waals surface area contributed by atoms with Gasteiger partial charge in [-0.1, -0.05) is 18.2 Å². The molecule has 0 aliphatic rings. The third-order valence-electron chi connectivity index (χ3n) is 3.65. The minimum atomic E-state index is -4.50. The van der Waals surface area contributed by atoms with Crippen molar-refractivity contribution in [2.24, 2.45) is 0 Å². The van der Waals surface area contributed by atoms with Crippen LogP contribution in [0.15, 0.2) is 42.5 Å². The molecule has 0 saturated heterocycles. The number of carbonyl (C=O) groups excluding carboxylic acids is 2. The third kappa shape index (κ3) is 5.90. The molecule has 6 nitrogen and oxygen atoms in total. The summed E-state index contributed by atoms with van der Waals surface area (Å²) >= 11 is 0. The van der Waals surface area contributed by atoms with E-state index in [1.54, 1.807) is 12.1 Å². The van der Waals surface area contributed by atoms with Crippen LogP contribution in [0.1, 0.15) is 11.1 Å². The first kappa shape index (κ1) is 21.1. The lowest BCUT2D eigenvalue weighted by Crippen LogP contribution is -2.22. The molecule has 0 unspecified atom stereocenters. The van der Waals surface area contributed by atoms with Gasteiger partial charge in [-0.25, -0.2) is 0 Å². The van der Waals surface area contributed by atoms with Gasteiger partial charge in [0.05, 0.1) is 31.9 Å². The molecule has 0 bridgehead atoms. The number of esters is 1. The van der Waals surface area contributed by atoms with Crippen molar-refractivity contribution >= 4 is 17.6 Å². The van der Waals surface area contributed by atoms with Crippen LogP contribution in [0.5, 0.6) is 11.5 Å². The van der Waals surface area contributed by atoms with Gasteiger partial charge < -0.3 is 19.5 Å². The third-order valence-corrected chi connectivity index (χ3v) is 3.65. The molecule has 0 aliphatic carbocycles. The number of halogens is 3. The number of methoxy groups -OCH3 is 2. The highest BCUT2D eigenvalue weighted by Gasteiger charge is 2.30. The fraction of sp³-hybridized carbons (Fsp3) is 0.263. The van der Waals surface area contributed by atoms with Gasteiger partial charge in [0, 0.05) is 6.07 Å². The Balaban J connectivity index is 1.92. The molecule has 28 heavy (non-hydrogen) atoms. The minimum absolute atomic E-state index is 0.134. The molecule has 0 aliphatic heterocycles. The zero-order chi connectivity index (χ0) is 20.7. The van der Waals surface area contributed by atoms with Crippen LogP contribution in [0, 0.1) is 0 Å². The fourth-order valence-electron chi connectivity index (χ4n) is 2.32. The maximum atomic E-state index is 12.7. The van der Waals surface area contributed by atoms with Crippen LogP contribution >= 0.6 is 0 Å². The molecule has 1 amide bonds. The number of amides is 1. The molecular formula is C19H18F3NO5. The second kappa shape index (κ2) is 9.12. The lowest BCUT2D eigenvalue weighted by Gasteiger charge is -2.12. The van der Waals surface area contributed by atoms with Gasteiger partial charge in [0.2, 0.25) is 0 Å². The van der Waals surface area contributed by atoms with Crippen LogP contribution in [-0.2, 0) is 26.9 Å². The van der Waals surface area contributed by atoms with E-state index < -0.39 is 30.2 Å². The summed E-state index contributed by atoms with van der Waals surface area (Å²) in [6.07, 6.45) is -4.89. The van der Waals surface area contributed by atoms with Crippen LogP contribution in [0.2, 0.25) is 0 Å². The van der Waals surface area contributed by atoms with Crippen molar-refractivity contribution < 1.29 is 37.0 Å². The van der Waals surface area contributed by atoms with Gasteiger partial charge in [-0.05, 0) is 23.8 Å². The lowest BCUT2D eigenvalue weighted by molar-refractivity contribution is -0.146. The van der Waals surface area contributed by atoms with Crippen LogP contribution in [0.3, 0.4) is 0 Å². The van der Waals surface area contributed by atoms with E-state index in [4.69, 9.17) is 14.2 Å². The van der Waals surface area contributed by atoms with Crippen molar-refractivity contribution in [1.29, 1.82) is 0 Å². The Morgan fingerprint density at radius 3 is 2.43 bits per heavy atom. The van der Waals surface area contributed by atoms with E-state index in [0.29, 0.717) is 17.2 Å². The van der Waals surface area contributed by atoms with Gasteiger partial charge in [0.15, 0.2) is 6.61 Å². The Morgan fingerprint density at radius 2 is 1.79 bits per heavy atom. The van der Waals surface area contributed by atoms with E-state index in [9.17, 15) is 22.8 Å². The number of anilines is 1. The van der Waals surface area contributed by atoms with Crippen molar-refractivity contribution in [2.45, 2.75) is 12.6 Å². The first-order valence-electron chi connectivity index (χ1n) is 8.06. The molecule has 0 aromatic heterocycles. The molecule has 150 valence electrons. The van der Waals surface area contributed by atoms with Gasteiger partial charge in [-0.15, -0.1) is 0 Å². The maximum absolute atomic E-state index is 12.7. The summed E-state index contributed by atoms with van der Waals surface area (Å²) in [4.78, 5) is 23.8. The summed E-state index contributed by atoms with van der Waals surface area (Å²) in [5.41, 5.74) is -0.406. The molecule has 1 N–H and O–H groups in total. The summed E-state index contributed by atoms with van der Waals surface area (Å²) < 4.78 is 53.1. The van der Waals surface area contributed by atoms with E-state index in [1.165, 1.54) is 32.4 Å². The predicted octanol–water partition coefficient (Wildman–Crippen LogP) is 3.45. The summed E-state index contributed by atoms with van der Waals surface area (Å²) in [6, 6.07) is 9.11. The van der Waals surface area contributed by atoms with Gasteiger partial charge in [0.25, 0.3) is 5.91 Å². The topological polar surface area (TPSA) is 73.9 Å². The minimum Gasteiger partial charge on any atom is -0.497 e. The quantitative estimate of drug-likeness (QED) is 0.725. The summed E-state index contributed by atoms with van der Waals surface area (Å²) in [7, 11) is 2.88. The molecule has 2 aromatic carbocycles. The molecule has 9 heteroatoms. The summed E-state index contributed by atoms with van der Waals surface area (Å²) in [6.45, 7) is -0.599. The molecule has 0 spiro atoms. The number of hydrogen-bond donors (Lipinski definition) is 1. The number of ether oxygens (including phenoxy) is 3. The zero-order valence-corrected chi connectivity index (χ0v) is 15.1. The Bertz CT molecular complexity index is 852. The van der Waals surface area contributed by atoms with Crippen LogP contribution in [0.25, 0.3) is 0 Å². The highest BCUT2D eigenvalue weighted by atomic mass is 19.4. The van der Waals surface area contributed by atoms with Crippen LogP contribution in [-0.4, -0.2) is 32.7 Å². The second-order valence-corrected chi connectivity index (χ2v) is 5.65. The van der Waals surface area contributed by atoms with Crippen molar-refractivity contribution in [3.8, 4) is 11.5 Å². The van der Waals surface area contributed by atoms with Gasteiger partial charge >= 0.3 is 12.1 Å². The largest absolute Gasteiger partial charge is 0.497 e. The van der Waals surface area contributed by atoms with Crippen molar-refractivity contribution in [3.05, 3.63) is 53.6 Å². The highest BCUT2D eigenvalue weighted by molar-refractivity contribution is 5.94. The Morgan fingerprint density at radius 1 is 1.04 bits per heavy atom. The predicted molar refractivity (Wildman–Crippen MR) is 94.3 cm³/mol. The average molecular weight is 397 g/mol. The fourth-order valence-corrected chi connectivity index (χ4v) is 2.32. The summed E-state index contributed by atoms with van der Waals surface area (Å²) in [5.74, 6) is -0.599. The highest BCUT2D eigenvalue weighted by Crippen LogP contribution is 2.30. The molecule has 0 radical (unpaired) electrons. The van der Waals surface area contributed by atoms with Gasteiger partial charge in [-0.2, -0.15) is 13.2 Å². The van der Waals surface area contributed by atoms with Crippen LogP contribution in [0.4, 0.5) is 18.9 Å². The summed E-state index contributed by atoms with van der Waals surface area (Å²) in [5, 5.41) is 2.51. The van der Waals surface area contributed by atoms with Crippen molar-refractivity contribution in [3.63, 3.8) is 0 Å². The number of benzene rings is 2. The smallest absolute Gasteiger partial charge is 0.416 e. The molecular weight excluding hydrogens is 379 g/mol. The Labute approximate surface area is 159 Å². The molecule has 0 atom stereocenters. The second-order valence-electron chi connectivity index (χ2n) is 5.65. The average Bonchev–Trinajstić information content (AvgIpc) is 2.66. The number of carbonyl (C=O) groups is 2.